The molecule has 2 N–H and O–H groups in total. The average Bonchev–Trinajstić information content (AvgIpc) is 2.76. The third-order valence-electron chi connectivity index (χ3n) is 2.77. The third-order valence-corrected chi connectivity index (χ3v) is 2.77. The molecule has 1 fully saturated rings. The second-order valence-corrected chi connectivity index (χ2v) is 3.80. The van der Waals surface area contributed by atoms with E-state index in [9.17, 15) is 0 Å². The van der Waals surface area contributed by atoms with Gasteiger partial charge < -0.3 is 15.2 Å². The van der Waals surface area contributed by atoms with Gasteiger partial charge in [0.25, 0.3) is 0 Å². The van der Waals surface area contributed by atoms with Crippen LogP contribution in [-0.2, 0) is 6.42 Å². The molecule has 78 valence electrons. The molecular weight excluding hydrogens is 180 g/mol. The van der Waals surface area contributed by atoms with Crippen LogP contribution in [0.2, 0.25) is 0 Å². The van der Waals surface area contributed by atoms with Crippen LogP contribution in [0.25, 0.3) is 0 Å². The van der Waals surface area contributed by atoms with E-state index in [1.807, 2.05) is 0 Å². The molecule has 5 heteroatoms. The smallest absolute Gasteiger partial charge is 0.318 e. The second-order valence-electron chi connectivity index (χ2n) is 3.80. The summed E-state index contributed by atoms with van der Waals surface area (Å²) in [7, 11) is 0. The summed E-state index contributed by atoms with van der Waals surface area (Å²) in [6.45, 7) is 5.65. The van der Waals surface area contributed by atoms with Gasteiger partial charge in [0.05, 0.1) is 0 Å². The monoisotopic (exact) mass is 196 g/mol. The van der Waals surface area contributed by atoms with E-state index in [2.05, 4.69) is 22.0 Å². The number of nitrogen functional groups attached to an aromatic ring is 1. The van der Waals surface area contributed by atoms with E-state index >= 15 is 0 Å². The number of nitrogens with two attached hydrogens (primary N) is 1. The van der Waals surface area contributed by atoms with Gasteiger partial charge in [-0.3, -0.25) is 0 Å². The first-order valence-electron chi connectivity index (χ1n) is 5.08. The first kappa shape index (κ1) is 9.45. The number of likely N-dealkylation sites (tertiary alicyclic amines) is 1. The van der Waals surface area contributed by atoms with E-state index in [0.717, 1.165) is 25.3 Å². The zero-order valence-electron chi connectivity index (χ0n) is 8.44. The fourth-order valence-electron chi connectivity index (χ4n) is 1.98. The van der Waals surface area contributed by atoms with E-state index in [1.165, 1.54) is 13.0 Å². The largest absolute Gasteiger partial charge is 0.351 e. The summed E-state index contributed by atoms with van der Waals surface area (Å²) < 4.78 is 4.73. The van der Waals surface area contributed by atoms with Gasteiger partial charge >= 0.3 is 6.01 Å². The van der Waals surface area contributed by atoms with Crippen LogP contribution in [0.4, 0.5) is 6.01 Å². The molecule has 0 aromatic carbocycles. The Morgan fingerprint density at radius 3 is 3.07 bits per heavy atom. The van der Waals surface area contributed by atoms with Crippen molar-refractivity contribution < 1.29 is 4.52 Å². The van der Waals surface area contributed by atoms with Crippen LogP contribution in [0.5, 0.6) is 0 Å². The number of aromatic nitrogens is 2. The summed E-state index contributed by atoms with van der Waals surface area (Å²) >= 11 is 0. The molecular formula is C9H16N4O. The zero-order valence-corrected chi connectivity index (χ0v) is 8.44. The minimum absolute atomic E-state index is 0.172. The van der Waals surface area contributed by atoms with Crippen molar-refractivity contribution in [1.29, 1.82) is 0 Å². The van der Waals surface area contributed by atoms with Crippen molar-refractivity contribution in [2.75, 3.05) is 25.4 Å². The molecule has 1 aromatic heterocycles. The Balaban J connectivity index is 1.87. The van der Waals surface area contributed by atoms with Gasteiger partial charge in [0.15, 0.2) is 5.82 Å². The van der Waals surface area contributed by atoms with Gasteiger partial charge in [-0.15, -0.1) is 0 Å². The molecule has 14 heavy (non-hydrogen) atoms. The highest BCUT2D eigenvalue weighted by molar-refractivity contribution is 5.07. The van der Waals surface area contributed by atoms with Gasteiger partial charge in [-0.25, -0.2) is 0 Å². The number of rotatable bonds is 3. The Morgan fingerprint density at radius 2 is 2.50 bits per heavy atom. The van der Waals surface area contributed by atoms with Crippen LogP contribution < -0.4 is 5.73 Å². The Hall–Kier alpha value is -1.10. The molecule has 0 bridgehead atoms. The summed E-state index contributed by atoms with van der Waals surface area (Å²) in [6.07, 6.45) is 2.11. The molecule has 2 rings (SSSR count). The molecule has 1 atom stereocenters. The Morgan fingerprint density at radius 1 is 1.64 bits per heavy atom. The van der Waals surface area contributed by atoms with Crippen molar-refractivity contribution in [3.05, 3.63) is 5.82 Å². The number of nitrogens with zero attached hydrogens (tertiary/aromatic N) is 3. The van der Waals surface area contributed by atoms with Crippen molar-refractivity contribution >= 4 is 6.01 Å². The van der Waals surface area contributed by atoms with Gasteiger partial charge in [-0.1, -0.05) is 12.1 Å². The van der Waals surface area contributed by atoms with Crippen molar-refractivity contribution in [3.63, 3.8) is 0 Å². The lowest BCUT2D eigenvalue weighted by Gasteiger charge is -2.11. The maximum Gasteiger partial charge on any atom is 0.318 e. The number of hydrogen-bond acceptors (Lipinski definition) is 5. The van der Waals surface area contributed by atoms with Crippen LogP contribution in [0.3, 0.4) is 0 Å². The quantitative estimate of drug-likeness (QED) is 0.764. The van der Waals surface area contributed by atoms with Gasteiger partial charge in [-0.05, 0) is 25.4 Å². The van der Waals surface area contributed by atoms with Crippen LogP contribution in [0, 0.1) is 5.92 Å². The van der Waals surface area contributed by atoms with Gasteiger partial charge in [-0.2, -0.15) is 4.98 Å². The summed E-state index contributed by atoms with van der Waals surface area (Å²) in [5.74, 6) is 1.40. The van der Waals surface area contributed by atoms with Crippen molar-refractivity contribution in [2.24, 2.45) is 5.92 Å². The highest BCUT2D eigenvalue weighted by Crippen LogP contribution is 2.19. The zero-order chi connectivity index (χ0) is 9.97. The predicted octanol–water partition coefficient (Wildman–Crippen LogP) is 0.536. The lowest BCUT2D eigenvalue weighted by molar-refractivity contribution is 0.339. The molecule has 1 unspecified atom stereocenters. The topological polar surface area (TPSA) is 68.2 Å². The first-order valence-corrected chi connectivity index (χ1v) is 5.08. The number of hydrogen-bond donors (Lipinski definition) is 1. The highest BCUT2D eigenvalue weighted by Gasteiger charge is 2.22. The summed E-state index contributed by atoms with van der Waals surface area (Å²) in [4.78, 5) is 6.45. The molecule has 0 aliphatic carbocycles. The fraction of sp³-hybridized carbons (Fsp3) is 0.778. The minimum Gasteiger partial charge on any atom is -0.351 e. The van der Waals surface area contributed by atoms with Gasteiger partial charge in [0.1, 0.15) is 0 Å². The van der Waals surface area contributed by atoms with Gasteiger partial charge in [0.2, 0.25) is 0 Å². The summed E-state index contributed by atoms with van der Waals surface area (Å²) in [6, 6.07) is 0.172. The van der Waals surface area contributed by atoms with Gasteiger partial charge in [0, 0.05) is 13.0 Å². The van der Waals surface area contributed by atoms with E-state index in [0.29, 0.717) is 5.92 Å². The van der Waals surface area contributed by atoms with Crippen LogP contribution in [-0.4, -0.2) is 34.7 Å². The minimum atomic E-state index is 0.172. The molecule has 0 amide bonds. The maximum atomic E-state index is 5.36. The number of anilines is 1. The van der Waals surface area contributed by atoms with E-state index in [-0.39, 0.29) is 6.01 Å². The molecule has 0 radical (unpaired) electrons. The Kier molecular flexibility index (Phi) is 2.67. The van der Waals surface area contributed by atoms with Crippen LogP contribution >= 0.6 is 0 Å². The second kappa shape index (κ2) is 3.96. The van der Waals surface area contributed by atoms with Crippen molar-refractivity contribution in [3.8, 4) is 0 Å². The predicted molar refractivity (Wildman–Crippen MR) is 52.6 cm³/mol. The molecule has 1 saturated heterocycles. The Bertz CT molecular complexity index is 299. The van der Waals surface area contributed by atoms with E-state index < -0.39 is 0 Å². The molecule has 1 aliphatic heterocycles. The SMILES string of the molecule is CCN1CCC(Cc2noc(N)n2)C1. The van der Waals surface area contributed by atoms with Crippen LogP contribution in [0.1, 0.15) is 19.2 Å². The summed E-state index contributed by atoms with van der Waals surface area (Å²) in [5, 5.41) is 3.80. The summed E-state index contributed by atoms with van der Waals surface area (Å²) in [5.41, 5.74) is 5.36. The molecule has 0 spiro atoms. The van der Waals surface area contributed by atoms with Crippen molar-refractivity contribution in [2.45, 2.75) is 19.8 Å². The van der Waals surface area contributed by atoms with E-state index in [4.69, 9.17) is 10.3 Å². The average molecular weight is 196 g/mol. The molecule has 1 aromatic rings. The molecule has 0 saturated carbocycles. The highest BCUT2D eigenvalue weighted by atomic mass is 16.5. The first-order chi connectivity index (χ1) is 6.78. The Labute approximate surface area is 83.3 Å². The molecule has 1 aliphatic rings. The molecule has 2 heterocycles. The lowest BCUT2D eigenvalue weighted by Crippen LogP contribution is -2.20. The fourth-order valence-corrected chi connectivity index (χ4v) is 1.98. The standard InChI is InChI=1S/C9H16N4O/c1-2-13-4-3-7(6-13)5-8-11-9(10)14-12-8/h7H,2-6H2,1H3,(H2,10,11,12). The normalized spacial score (nSPS) is 23.1. The van der Waals surface area contributed by atoms with Crippen LogP contribution in [0.15, 0.2) is 4.52 Å². The van der Waals surface area contributed by atoms with Crippen molar-refractivity contribution in [1.82, 2.24) is 15.0 Å². The maximum absolute atomic E-state index is 5.36. The third kappa shape index (κ3) is 2.04. The molecule has 5 nitrogen and oxygen atoms in total. The lowest BCUT2D eigenvalue weighted by atomic mass is 10.1. The van der Waals surface area contributed by atoms with E-state index in [1.54, 1.807) is 0 Å².